The molecule has 0 saturated carbocycles. The van der Waals surface area contributed by atoms with Crippen LogP contribution in [0.25, 0.3) is 10.8 Å². The molecule has 2 aromatic heterocycles. The molecule has 3 rings (SSSR count). The van der Waals surface area contributed by atoms with Crippen molar-refractivity contribution in [3.8, 4) is 10.8 Å². The molecular formula is C13H18N4O3S2. The van der Waals surface area contributed by atoms with Gasteiger partial charge in [0.25, 0.3) is 5.89 Å². The van der Waals surface area contributed by atoms with Crippen molar-refractivity contribution < 1.29 is 12.8 Å². The number of nitrogens with zero attached hydrogens (tertiary/aromatic N) is 3. The molecule has 2 aromatic rings. The van der Waals surface area contributed by atoms with E-state index in [0.29, 0.717) is 18.3 Å². The van der Waals surface area contributed by atoms with Gasteiger partial charge in [0.2, 0.25) is 15.9 Å². The van der Waals surface area contributed by atoms with Crippen molar-refractivity contribution in [1.29, 1.82) is 0 Å². The van der Waals surface area contributed by atoms with Gasteiger partial charge in [-0.05, 0) is 24.3 Å². The molecule has 1 saturated heterocycles. The molecule has 0 aromatic carbocycles. The van der Waals surface area contributed by atoms with Crippen LogP contribution >= 0.6 is 11.3 Å². The lowest BCUT2D eigenvalue weighted by Gasteiger charge is -2.30. The normalized spacial score (nSPS) is 17.9. The molecule has 0 radical (unpaired) electrons. The number of hydrogen-bond donors (Lipinski definition) is 1. The number of piperidine rings is 1. The molecule has 0 bridgehead atoms. The van der Waals surface area contributed by atoms with E-state index < -0.39 is 10.0 Å². The summed E-state index contributed by atoms with van der Waals surface area (Å²) in [7, 11) is -3.13. The highest BCUT2D eigenvalue weighted by Gasteiger charge is 2.23. The first kappa shape index (κ1) is 15.6. The zero-order valence-electron chi connectivity index (χ0n) is 12.2. The van der Waals surface area contributed by atoms with Crippen LogP contribution < -0.4 is 4.72 Å². The molecule has 1 aliphatic rings. The van der Waals surface area contributed by atoms with Crippen molar-refractivity contribution in [2.75, 3.05) is 19.3 Å². The Morgan fingerprint density at radius 2 is 2.18 bits per heavy atom. The smallest absolute Gasteiger partial charge is 0.257 e. The molecule has 0 amide bonds. The van der Waals surface area contributed by atoms with Crippen molar-refractivity contribution in [3.05, 3.63) is 23.4 Å². The maximum Gasteiger partial charge on any atom is 0.257 e. The molecule has 7 nitrogen and oxygen atoms in total. The summed E-state index contributed by atoms with van der Waals surface area (Å²) in [5.74, 6) is 1.15. The molecule has 9 heteroatoms. The maximum atomic E-state index is 11.2. The van der Waals surface area contributed by atoms with Gasteiger partial charge in [0.1, 0.15) is 0 Å². The predicted octanol–water partition coefficient (Wildman–Crippen LogP) is 1.31. The van der Waals surface area contributed by atoms with Crippen LogP contribution in [0.4, 0.5) is 0 Å². The van der Waals surface area contributed by atoms with Crippen LogP contribution in [0, 0.1) is 0 Å². The fourth-order valence-corrected chi connectivity index (χ4v) is 4.01. The third-order valence-electron chi connectivity index (χ3n) is 3.53. The van der Waals surface area contributed by atoms with E-state index in [-0.39, 0.29) is 6.04 Å². The quantitative estimate of drug-likeness (QED) is 0.881. The van der Waals surface area contributed by atoms with Gasteiger partial charge in [-0.1, -0.05) is 6.07 Å². The second kappa shape index (κ2) is 6.45. The van der Waals surface area contributed by atoms with Crippen molar-refractivity contribution in [2.45, 2.75) is 25.4 Å². The molecule has 22 heavy (non-hydrogen) atoms. The van der Waals surface area contributed by atoms with Gasteiger partial charge in [-0.3, -0.25) is 4.90 Å². The zero-order chi connectivity index (χ0) is 15.6. The van der Waals surface area contributed by atoms with Gasteiger partial charge in [0, 0.05) is 19.1 Å². The summed E-state index contributed by atoms with van der Waals surface area (Å²) in [6.07, 6.45) is 2.78. The summed E-state index contributed by atoms with van der Waals surface area (Å²) in [6, 6.07) is 3.92. The average molecular weight is 342 g/mol. The average Bonchev–Trinajstić information content (AvgIpc) is 3.10. The standard InChI is InChI=1S/C13H18N4O3S2/c1-22(18,19)16-10-4-6-17(7-5-10)9-12-14-15-13(20-12)11-3-2-8-21-11/h2-3,8,10,16H,4-7,9H2,1H3. The third kappa shape index (κ3) is 4.13. The van der Waals surface area contributed by atoms with E-state index in [4.69, 9.17) is 4.42 Å². The molecule has 3 heterocycles. The molecule has 0 aliphatic carbocycles. The van der Waals surface area contributed by atoms with Gasteiger partial charge in [0.05, 0.1) is 17.7 Å². The molecule has 1 aliphatic heterocycles. The fourth-order valence-electron chi connectivity index (χ4n) is 2.52. The summed E-state index contributed by atoms with van der Waals surface area (Å²) in [5.41, 5.74) is 0. The van der Waals surface area contributed by atoms with E-state index in [1.807, 2.05) is 17.5 Å². The number of thiophene rings is 1. The number of likely N-dealkylation sites (tertiary alicyclic amines) is 1. The van der Waals surface area contributed by atoms with Crippen LogP contribution in [0.2, 0.25) is 0 Å². The van der Waals surface area contributed by atoms with Crippen LogP contribution in [0.1, 0.15) is 18.7 Å². The second-order valence-electron chi connectivity index (χ2n) is 5.42. The Hall–Kier alpha value is -1.29. The highest BCUT2D eigenvalue weighted by molar-refractivity contribution is 7.88. The third-order valence-corrected chi connectivity index (χ3v) is 5.15. The minimum absolute atomic E-state index is 0.0237. The predicted molar refractivity (Wildman–Crippen MR) is 83.9 cm³/mol. The van der Waals surface area contributed by atoms with E-state index in [2.05, 4.69) is 19.8 Å². The van der Waals surface area contributed by atoms with Crippen molar-refractivity contribution in [3.63, 3.8) is 0 Å². The monoisotopic (exact) mass is 342 g/mol. The molecular weight excluding hydrogens is 324 g/mol. The minimum atomic E-state index is -3.13. The highest BCUT2D eigenvalue weighted by atomic mass is 32.2. The van der Waals surface area contributed by atoms with Gasteiger partial charge in [0.15, 0.2) is 0 Å². The maximum absolute atomic E-state index is 11.2. The minimum Gasteiger partial charge on any atom is -0.419 e. The second-order valence-corrected chi connectivity index (χ2v) is 8.15. The van der Waals surface area contributed by atoms with Crippen molar-refractivity contribution in [1.82, 2.24) is 19.8 Å². The fraction of sp³-hybridized carbons (Fsp3) is 0.538. The van der Waals surface area contributed by atoms with Gasteiger partial charge < -0.3 is 4.42 Å². The van der Waals surface area contributed by atoms with E-state index >= 15 is 0 Å². The number of sulfonamides is 1. The number of hydrogen-bond acceptors (Lipinski definition) is 7. The lowest BCUT2D eigenvalue weighted by atomic mass is 10.1. The number of nitrogens with one attached hydrogen (secondary N) is 1. The van der Waals surface area contributed by atoms with Gasteiger partial charge >= 0.3 is 0 Å². The van der Waals surface area contributed by atoms with E-state index in [1.54, 1.807) is 11.3 Å². The van der Waals surface area contributed by atoms with Crippen LogP contribution in [0.15, 0.2) is 21.9 Å². The van der Waals surface area contributed by atoms with Crippen LogP contribution in [0.3, 0.4) is 0 Å². The molecule has 0 unspecified atom stereocenters. The molecule has 0 spiro atoms. The van der Waals surface area contributed by atoms with Gasteiger partial charge in [-0.15, -0.1) is 21.5 Å². The zero-order valence-corrected chi connectivity index (χ0v) is 13.9. The van der Waals surface area contributed by atoms with Crippen LogP contribution in [-0.4, -0.2) is 48.9 Å². The van der Waals surface area contributed by atoms with E-state index in [0.717, 1.165) is 30.8 Å². The Bertz CT molecular complexity index is 703. The Morgan fingerprint density at radius 3 is 2.82 bits per heavy atom. The largest absolute Gasteiger partial charge is 0.419 e. The van der Waals surface area contributed by atoms with E-state index in [1.165, 1.54) is 6.26 Å². The molecule has 1 N–H and O–H groups in total. The van der Waals surface area contributed by atoms with E-state index in [9.17, 15) is 8.42 Å². The van der Waals surface area contributed by atoms with Crippen LogP contribution in [0.5, 0.6) is 0 Å². The molecule has 1 fully saturated rings. The highest BCUT2D eigenvalue weighted by Crippen LogP contribution is 2.23. The summed E-state index contributed by atoms with van der Waals surface area (Å²) >= 11 is 1.57. The van der Waals surface area contributed by atoms with Gasteiger partial charge in [-0.2, -0.15) is 0 Å². The molecule has 120 valence electrons. The Labute approximate surface area is 133 Å². The number of aromatic nitrogens is 2. The molecule has 0 atom stereocenters. The first-order valence-corrected chi connectivity index (χ1v) is 9.82. The van der Waals surface area contributed by atoms with Crippen LogP contribution in [-0.2, 0) is 16.6 Å². The first-order valence-electron chi connectivity index (χ1n) is 7.05. The number of rotatable bonds is 5. The first-order chi connectivity index (χ1) is 10.5. The lowest BCUT2D eigenvalue weighted by Crippen LogP contribution is -2.43. The van der Waals surface area contributed by atoms with Crippen molar-refractivity contribution >= 4 is 21.4 Å². The summed E-state index contributed by atoms with van der Waals surface area (Å²) in [4.78, 5) is 3.17. The summed E-state index contributed by atoms with van der Waals surface area (Å²) in [5, 5.41) is 10.1. The Morgan fingerprint density at radius 1 is 1.41 bits per heavy atom. The SMILES string of the molecule is CS(=O)(=O)NC1CCN(Cc2nnc(-c3cccs3)o2)CC1. The Balaban J connectivity index is 1.53. The summed E-state index contributed by atoms with van der Waals surface area (Å²) in [6.45, 7) is 2.22. The Kier molecular flexibility index (Phi) is 4.57. The van der Waals surface area contributed by atoms with Gasteiger partial charge in [-0.25, -0.2) is 13.1 Å². The summed E-state index contributed by atoms with van der Waals surface area (Å²) < 4.78 is 30.8. The lowest BCUT2D eigenvalue weighted by molar-refractivity contribution is 0.184. The van der Waals surface area contributed by atoms with Crippen molar-refractivity contribution in [2.24, 2.45) is 0 Å². The topological polar surface area (TPSA) is 88.3 Å².